The molecule has 0 fully saturated rings. The van der Waals surface area contributed by atoms with E-state index in [2.05, 4.69) is 169 Å². The van der Waals surface area contributed by atoms with Gasteiger partial charge < -0.3 is 13.9 Å². The Kier molecular flexibility index (Phi) is 8.00. The number of fused-ring (bicyclic) bond motifs is 6. The van der Waals surface area contributed by atoms with Gasteiger partial charge in [-0.1, -0.05) is 146 Å². The summed E-state index contributed by atoms with van der Waals surface area (Å²) in [5.41, 5.74) is 13.9. The zero-order valence-corrected chi connectivity index (χ0v) is 31.4. The second-order valence-corrected chi connectivity index (χ2v) is 14.7. The molecule has 0 saturated heterocycles. The smallest absolute Gasteiger partial charge is 0.147 e. The third-order valence-electron chi connectivity index (χ3n) is 11.3. The lowest BCUT2D eigenvalue weighted by atomic mass is 10.0. The standard InChI is InChI=1S/C54H35FN2O/c55-50-23-11-21-48-46-18-4-6-24-51(46)57(53(48)50)44-17-9-15-40(35-44)39-14-8-16-43(34-39)56(41-30-26-37(27-31-41)36-12-2-1-3-13-36)42-32-28-38(29-33-42)45-20-10-22-49-47-19-5-7-25-52(47)58-54(45)49/h1-35H. The summed E-state index contributed by atoms with van der Waals surface area (Å²) in [4.78, 5) is 2.30. The van der Waals surface area contributed by atoms with Gasteiger partial charge in [-0.15, -0.1) is 0 Å². The number of hydrogen-bond acceptors (Lipinski definition) is 2. The van der Waals surface area contributed by atoms with E-state index >= 15 is 4.39 Å². The topological polar surface area (TPSA) is 21.3 Å². The molecule has 11 rings (SSSR count). The van der Waals surface area contributed by atoms with E-state index in [1.165, 1.54) is 11.6 Å². The van der Waals surface area contributed by atoms with Crippen molar-refractivity contribution in [3.63, 3.8) is 0 Å². The maximum atomic E-state index is 15.6. The van der Waals surface area contributed by atoms with E-state index in [4.69, 9.17) is 4.42 Å². The summed E-state index contributed by atoms with van der Waals surface area (Å²) in [6, 6.07) is 73.0. The van der Waals surface area contributed by atoms with Crippen LogP contribution < -0.4 is 4.90 Å². The fourth-order valence-electron chi connectivity index (χ4n) is 8.54. The summed E-state index contributed by atoms with van der Waals surface area (Å²) < 4.78 is 24.0. The van der Waals surface area contributed by atoms with Crippen LogP contribution in [-0.2, 0) is 0 Å². The molecule has 9 aromatic carbocycles. The molecule has 0 unspecified atom stereocenters. The first-order chi connectivity index (χ1) is 28.7. The Hall–Kier alpha value is -7.69. The second-order valence-electron chi connectivity index (χ2n) is 14.7. The largest absolute Gasteiger partial charge is 0.455 e. The summed E-state index contributed by atoms with van der Waals surface area (Å²) in [6.07, 6.45) is 0. The second kappa shape index (κ2) is 13.8. The van der Waals surface area contributed by atoms with Crippen LogP contribution in [-0.4, -0.2) is 4.57 Å². The van der Waals surface area contributed by atoms with Gasteiger partial charge in [-0.25, -0.2) is 4.39 Å². The number of halogens is 1. The minimum atomic E-state index is -0.240. The summed E-state index contributed by atoms with van der Waals surface area (Å²) in [6.45, 7) is 0. The van der Waals surface area contributed by atoms with E-state index in [9.17, 15) is 0 Å². The molecule has 2 heterocycles. The van der Waals surface area contributed by atoms with Crippen molar-refractivity contribution in [2.45, 2.75) is 0 Å². The maximum absolute atomic E-state index is 15.6. The minimum absolute atomic E-state index is 0.240. The number of benzene rings is 9. The predicted octanol–water partition coefficient (Wildman–Crippen LogP) is 15.3. The third kappa shape index (κ3) is 5.65. The first-order valence-electron chi connectivity index (χ1n) is 19.5. The molecule has 0 N–H and O–H groups in total. The maximum Gasteiger partial charge on any atom is 0.147 e. The Labute approximate surface area is 335 Å². The minimum Gasteiger partial charge on any atom is -0.455 e. The summed E-state index contributed by atoms with van der Waals surface area (Å²) in [7, 11) is 0. The van der Waals surface area contributed by atoms with Gasteiger partial charge in [0.25, 0.3) is 0 Å². The van der Waals surface area contributed by atoms with Crippen LogP contribution in [0.5, 0.6) is 0 Å². The SMILES string of the molecule is Fc1cccc2c3ccccc3n(-c3cccc(-c4cccc(N(c5ccc(-c6ccccc6)cc5)c5ccc(-c6cccc7c6oc6ccccc67)cc5)c4)c3)c12. The molecule has 0 aliphatic heterocycles. The Bertz CT molecular complexity index is 3290. The fourth-order valence-corrected chi connectivity index (χ4v) is 8.54. The molecule has 4 heteroatoms. The van der Waals surface area contributed by atoms with E-state index in [0.29, 0.717) is 5.52 Å². The number of furan rings is 1. The lowest BCUT2D eigenvalue weighted by molar-refractivity contribution is 0.635. The molecule has 3 nitrogen and oxygen atoms in total. The van der Waals surface area contributed by atoms with Crippen molar-refractivity contribution in [1.29, 1.82) is 0 Å². The molecule has 0 spiro atoms. The molecular weight excluding hydrogens is 712 g/mol. The molecule has 0 aliphatic rings. The number of rotatable bonds is 7. The van der Waals surface area contributed by atoms with E-state index in [1.54, 1.807) is 6.07 Å². The van der Waals surface area contributed by atoms with Crippen molar-refractivity contribution in [3.8, 4) is 39.1 Å². The average molecular weight is 747 g/mol. The molecule has 11 aromatic rings. The fraction of sp³-hybridized carbons (Fsp3) is 0. The molecule has 0 bridgehead atoms. The Balaban J connectivity index is 1.02. The molecule has 0 aliphatic carbocycles. The number of hydrogen-bond donors (Lipinski definition) is 0. The molecule has 58 heavy (non-hydrogen) atoms. The van der Waals surface area contributed by atoms with Gasteiger partial charge in [-0.2, -0.15) is 0 Å². The van der Waals surface area contributed by atoms with Gasteiger partial charge in [0.15, 0.2) is 0 Å². The first kappa shape index (κ1) is 33.6. The van der Waals surface area contributed by atoms with E-state index in [-0.39, 0.29) is 5.82 Å². The highest BCUT2D eigenvalue weighted by atomic mass is 19.1. The summed E-state index contributed by atoms with van der Waals surface area (Å²) >= 11 is 0. The van der Waals surface area contributed by atoms with Crippen LogP contribution in [0.2, 0.25) is 0 Å². The van der Waals surface area contributed by atoms with Gasteiger partial charge in [-0.05, 0) is 94.5 Å². The van der Waals surface area contributed by atoms with Gasteiger partial charge in [-0.3, -0.25) is 0 Å². The van der Waals surface area contributed by atoms with Gasteiger partial charge >= 0.3 is 0 Å². The zero-order valence-electron chi connectivity index (χ0n) is 31.4. The van der Waals surface area contributed by atoms with Crippen molar-refractivity contribution in [1.82, 2.24) is 4.57 Å². The Morgan fingerprint density at radius 3 is 1.79 bits per heavy atom. The quantitative estimate of drug-likeness (QED) is 0.162. The van der Waals surface area contributed by atoms with Crippen LogP contribution in [0.1, 0.15) is 0 Å². The molecule has 0 saturated carbocycles. The van der Waals surface area contributed by atoms with E-state index < -0.39 is 0 Å². The first-order valence-corrected chi connectivity index (χ1v) is 19.5. The molecule has 0 amide bonds. The summed E-state index contributed by atoms with van der Waals surface area (Å²) in [5, 5.41) is 4.16. The monoisotopic (exact) mass is 746 g/mol. The molecule has 0 radical (unpaired) electrons. The van der Waals surface area contributed by atoms with Crippen molar-refractivity contribution >= 4 is 60.8 Å². The van der Waals surface area contributed by atoms with Crippen LogP contribution in [0, 0.1) is 5.82 Å². The zero-order chi connectivity index (χ0) is 38.6. The molecular formula is C54H35FN2O. The van der Waals surface area contributed by atoms with Crippen molar-refractivity contribution in [3.05, 3.63) is 218 Å². The van der Waals surface area contributed by atoms with Gasteiger partial charge in [0.1, 0.15) is 17.0 Å². The predicted molar refractivity (Wildman–Crippen MR) is 239 cm³/mol. The van der Waals surface area contributed by atoms with Crippen LogP contribution in [0.15, 0.2) is 217 Å². The molecule has 0 atom stereocenters. The normalized spacial score (nSPS) is 11.5. The van der Waals surface area contributed by atoms with Crippen LogP contribution in [0.4, 0.5) is 21.5 Å². The lowest BCUT2D eigenvalue weighted by Crippen LogP contribution is -2.10. The highest BCUT2D eigenvalue weighted by Crippen LogP contribution is 2.41. The van der Waals surface area contributed by atoms with Crippen LogP contribution >= 0.6 is 0 Å². The van der Waals surface area contributed by atoms with Gasteiger partial charge in [0, 0.05) is 49.9 Å². The van der Waals surface area contributed by atoms with Gasteiger partial charge in [0.05, 0.1) is 11.0 Å². The molecule has 274 valence electrons. The highest BCUT2D eigenvalue weighted by Gasteiger charge is 2.18. The lowest BCUT2D eigenvalue weighted by Gasteiger charge is -2.26. The number of anilines is 3. The highest BCUT2D eigenvalue weighted by molar-refractivity contribution is 6.10. The van der Waals surface area contributed by atoms with Crippen molar-refractivity contribution in [2.75, 3.05) is 4.90 Å². The van der Waals surface area contributed by atoms with Gasteiger partial charge in [0.2, 0.25) is 0 Å². The summed E-state index contributed by atoms with van der Waals surface area (Å²) in [5.74, 6) is -0.240. The Morgan fingerprint density at radius 2 is 0.983 bits per heavy atom. The van der Waals surface area contributed by atoms with Crippen LogP contribution in [0.3, 0.4) is 0 Å². The average Bonchev–Trinajstić information content (AvgIpc) is 3.85. The van der Waals surface area contributed by atoms with Crippen molar-refractivity contribution < 1.29 is 8.81 Å². The number of para-hydroxylation sites is 4. The molecule has 2 aromatic heterocycles. The number of nitrogens with zero attached hydrogens (tertiary/aromatic N) is 2. The Morgan fingerprint density at radius 1 is 0.397 bits per heavy atom. The third-order valence-corrected chi connectivity index (χ3v) is 11.3. The van der Waals surface area contributed by atoms with Crippen molar-refractivity contribution in [2.24, 2.45) is 0 Å². The van der Waals surface area contributed by atoms with Crippen LogP contribution in [0.25, 0.3) is 82.8 Å². The number of aromatic nitrogens is 1. The van der Waals surface area contributed by atoms with E-state index in [0.717, 1.165) is 88.8 Å². The van der Waals surface area contributed by atoms with E-state index in [1.807, 2.05) is 41.0 Å².